The number of hydrogen-bond donors (Lipinski definition) is 1. The van der Waals surface area contributed by atoms with E-state index in [1.165, 1.54) is 0 Å². The molecule has 2 heterocycles. The summed E-state index contributed by atoms with van der Waals surface area (Å²) in [4.78, 5) is 29.2. The van der Waals surface area contributed by atoms with Gasteiger partial charge >= 0.3 is 0 Å². The topological polar surface area (TPSA) is 49.4 Å². The summed E-state index contributed by atoms with van der Waals surface area (Å²) in [7, 11) is 1.94. The standard InChI is InChI=1S/C20H24Cl2N2O2/c1-11-5-6-19(15(25)7-11)18(2,3)10-24(4)20(19)13-8-12(21)9-14(22)16(13)23-17(20)26/h8-9,11H,5-7,10H2,1-4H3,(H,23,26)/t11-,19?,20?/m0/s1. The van der Waals surface area contributed by atoms with Crippen LogP contribution in [0.3, 0.4) is 0 Å². The highest BCUT2D eigenvalue weighted by atomic mass is 35.5. The molecule has 0 aromatic heterocycles. The summed E-state index contributed by atoms with van der Waals surface area (Å²) in [5.41, 5.74) is -0.845. The molecule has 2 unspecified atom stereocenters. The molecule has 1 saturated carbocycles. The molecule has 2 spiro atoms. The molecule has 0 radical (unpaired) electrons. The van der Waals surface area contributed by atoms with Gasteiger partial charge in [-0.2, -0.15) is 0 Å². The second kappa shape index (κ2) is 5.46. The Balaban J connectivity index is 2.07. The number of ketones is 1. The van der Waals surface area contributed by atoms with Gasteiger partial charge in [-0.1, -0.05) is 44.0 Å². The van der Waals surface area contributed by atoms with Gasteiger partial charge in [0.25, 0.3) is 5.91 Å². The number of anilines is 1. The monoisotopic (exact) mass is 394 g/mol. The molecule has 140 valence electrons. The molecule has 26 heavy (non-hydrogen) atoms. The number of likely N-dealkylation sites (tertiary alicyclic amines) is 1. The maximum Gasteiger partial charge on any atom is 0.250 e. The molecule has 3 atom stereocenters. The second-order valence-corrected chi connectivity index (χ2v) is 9.73. The third-order valence-corrected chi connectivity index (χ3v) is 7.53. The molecule has 1 aromatic carbocycles. The maximum absolute atomic E-state index is 13.6. The van der Waals surface area contributed by atoms with E-state index in [9.17, 15) is 9.59 Å². The highest BCUT2D eigenvalue weighted by Gasteiger charge is 2.76. The van der Waals surface area contributed by atoms with Gasteiger partial charge in [-0.3, -0.25) is 14.5 Å². The van der Waals surface area contributed by atoms with E-state index in [1.54, 1.807) is 6.07 Å². The molecule has 4 rings (SSSR count). The maximum atomic E-state index is 13.6. The minimum Gasteiger partial charge on any atom is -0.322 e. The number of rotatable bonds is 0. The first kappa shape index (κ1) is 18.3. The van der Waals surface area contributed by atoms with E-state index >= 15 is 0 Å². The summed E-state index contributed by atoms with van der Waals surface area (Å²) in [6.07, 6.45) is 2.14. The van der Waals surface area contributed by atoms with Crippen LogP contribution in [0.2, 0.25) is 10.0 Å². The number of halogens is 2. The number of nitrogens with zero attached hydrogens (tertiary/aromatic N) is 1. The fourth-order valence-electron chi connectivity index (χ4n) is 6.07. The fraction of sp³-hybridized carbons (Fsp3) is 0.600. The van der Waals surface area contributed by atoms with E-state index in [2.05, 4.69) is 31.0 Å². The highest BCUT2D eigenvalue weighted by molar-refractivity contribution is 6.38. The average Bonchev–Trinajstić information content (AvgIpc) is 2.89. The normalized spacial score (nSPS) is 36.0. The first-order valence-electron chi connectivity index (χ1n) is 9.13. The zero-order chi connectivity index (χ0) is 19.1. The van der Waals surface area contributed by atoms with Crippen molar-refractivity contribution in [3.05, 3.63) is 27.7 Å². The minimum atomic E-state index is -1.06. The van der Waals surface area contributed by atoms with Crippen molar-refractivity contribution in [2.75, 3.05) is 18.9 Å². The van der Waals surface area contributed by atoms with Crippen LogP contribution in [0.5, 0.6) is 0 Å². The first-order chi connectivity index (χ1) is 12.1. The molecule has 2 aliphatic heterocycles. The third kappa shape index (κ3) is 1.91. The molecule has 4 nitrogen and oxygen atoms in total. The number of carbonyl (C=O) groups excluding carboxylic acids is 2. The van der Waals surface area contributed by atoms with Gasteiger partial charge in [-0.05, 0) is 43.4 Å². The lowest BCUT2D eigenvalue weighted by Crippen LogP contribution is -2.62. The number of carbonyl (C=O) groups is 2. The number of likely N-dealkylation sites (N-methyl/N-ethyl adjacent to an activating group) is 1. The summed E-state index contributed by atoms with van der Waals surface area (Å²) in [6, 6.07) is 3.45. The van der Waals surface area contributed by atoms with Crippen LogP contribution in [0.4, 0.5) is 5.69 Å². The van der Waals surface area contributed by atoms with Gasteiger partial charge in [0.05, 0.1) is 16.1 Å². The van der Waals surface area contributed by atoms with Gasteiger partial charge in [-0.15, -0.1) is 0 Å². The number of hydrogen-bond acceptors (Lipinski definition) is 3. The Morgan fingerprint density at radius 1 is 1.23 bits per heavy atom. The Labute approximate surface area is 164 Å². The molecule has 6 heteroatoms. The lowest BCUT2D eigenvalue weighted by Gasteiger charge is -2.51. The summed E-state index contributed by atoms with van der Waals surface area (Å²) >= 11 is 12.7. The Hall–Kier alpha value is -1.10. The van der Waals surface area contributed by atoms with E-state index in [4.69, 9.17) is 23.2 Å². The lowest BCUT2D eigenvalue weighted by molar-refractivity contribution is -0.154. The van der Waals surface area contributed by atoms with Crippen molar-refractivity contribution in [2.24, 2.45) is 16.7 Å². The van der Waals surface area contributed by atoms with Crippen LogP contribution in [0.15, 0.2) is 12.1 Å². The third-order valence-electron chi connectivity index (χ3n) is 7.01. The highest BCUT2D eigenvalue weighted by Crippen LogP contribution is 2.68. The molecule has 1 aliphatic carbocycles. The second-order valence-electron chi connectivity index (χ2n) is 8.89. The van der Waals surface area contributed by atoms with Gasteiger partial charge in [0, 0.05) is 23.6 Å². The number of Topliss-reactive ketones (excluding diaryl/α,β-unsaturated/α-hetero) is 1. The number of nitrogens with one attached hydrogen (secondary N) is 1. The quantitative estimate of drug-likeness (QED) is 0.704. The van der Waals surface area contributed by atoms with Crippen molar-refractivity contribution in [3.63, 3.8) is 0 Å². The average molecular weight is 395 g/mol. The molecular weight excluding hydrogens is 371 g/mol. The molecule has 0 bridgehead atoms. The summed E-state index contributed by atoms with van der Waals surface area (Å²) in [5.74, 6) is 0.371. The van der Waals surface area contributed by atoms with Crippen LogP contribution in [-0.2, 0) is 15.1 Å². The first-order valence-corrected chi connectivity index (χ1v) is 9.89. The largest absolute Gasteiger partial charge is 0.322 e. The van der Waals surface area contributed by atoms with Gasteiger partial charge in [0.2, 0.25) is 0 Å². The van der Waals surface area contributed by atoms with E-state index in [0.717, 1.165) is 12.0 Å². The Bertz CT molecular complexity index is 837. The van der Waals surface area contributed by atoms with Crippen molar-refractivity contribution in [1.82, 2.24) is 4.90 Å². The van der Waals surface area contributed by atoms with E-state index in [-0.39, 0.29) is 17.1 Å². The molecular formula is C20H24Cl2N2O2. The molecule has 1 aromatic rings. The van der Waals surface area contributed by atoms with Gasteiger partial charge < -0.3 is 5.32 Å². The Morgan fingerprint density at radius 2 is 1.92 bits per heavy atom. The van der Waals surface area contributed by atoms with Crippen LogP contribution in [0.25, 0.3) is 0 Å². The molecule has 1 saturated heterocycles. The van der Waals surface area contributed by atoms with Crippen LogP contribution in [0, 0.1) is 16.7 Å². The Morgan fingerprint density at radius 3 is 2.58 bits per heavy atom. The fourth-order valence-corrected chi connectivity index (χ4v) is 6.61. The van der Waals surface area contributed by atoms with Crippen LogP contribution in [0.1, 0.15) is 45.6 Å². The lowest BCUT2D eigenvalue weighted by atomic mass is 9.50. The predicted molar refractivity (Wildman–Crippen MR) is 104 cm³/mol. The summed E-state index contributed by atoms with van der Waals surface area (Å²) in [6.45, 7) is 7.00. The SMILES string of the molecule is C[C@H]1CCC2(C(=O)C1)C(C)(C)CN(C)C21C(=O)Nc2c(Cl)cc(Cl)cc21. The van der Waals surface area contributed by atoms with Crippen molar-refractivity contribution >= 4 is 40.6 Å². The van der Waals surface area contributed by atoms with Crippen LogP contribution < -0.4 is 5.32 Å². The molecule has 1 amide bonds. The molecule has 3 aliphatic rings. The van der Waals surface area contributed by atoms with Crippen molar-refractivity contribution in [2.45, 2.75) is 45.6 Å². The Kier molecular flexibility index (Phi) is 3.84. The van der Waals surface area contributed by atoms with Crippen molar-refractivity contribution in [1.29, 1.82) is 0 Å². The van der Waals surface area contributed by atoms with E-state index < -0.39 is 11.0 Å². The zero-order valence-corrected chi connectivity index (χ0v) is 17.1. The van der Waals surface area contributed by atoms with E-state index in [0.29, 0.717) is 41.0 Å². The van der Waals surface area contributed by atoms with Gasteiger partial charge in [0.15, 0.2) is 0 Å². The van der Waals surface area contributed by atoms with Crippen molar-refractivity contribution in [3.8, 4) is 0 Å². The number of benzene rings is 1. The zero-order valence-electron chi connectivity index (χ0n) is 15.6. The van der Waals surface area contributed by atoms with Gasteiger partial charge in [-0.25, -0.2) is 0 Å². The van der Waals surface area contributed by atoms with Crippen molar-refractivity contribution < 1.29 is 9.59 Å². The smallest absolute Gasteiger partial charge is 0.250 e. The van der Waals surface area contributed by atoms with E-state index in [1.807, 2.05) is 13.1 Å². The summed E-state index contributed by atoms with van der Waals surface area (Å²) in [5, 5.41) is 3.87. The number of fused-ring (bicyclic) bond motifs is 3. The van der Waals surface area contributed by atoms with Gasteiger partial charge in [0.1, 0.15) is 11.3 Å². The van der Waals surface area contributed by atoms with Crippen LogP contribution in [-0.4, -0.2) is 30.2 Å². The summed E-state index contributed by atoms with van der Waals surface area (Å²) < 4.78 is 0. The molecule has 2 fully saturated rings. The van der Waals surface area contributed by atoms with Crippen LogP contribution >= 0.6 is 23.2 Å². The predicted octanol–water partition coefficient (Wildman–Crippen LogP) is 4.49. The minimum absolute atomic E-state index is 0.160. The molecule has 1 N–H and O–H groups in total. The number of amides is 1.